The predicted octanol–water partition coefficient (Wildman–Crippen LogP) is 2.97. The second-order valence-electron chi connectivity index (χ2n) is 5.96. The number of amides is 2. The van der Waals surface area contributed by atoms with Crippen LogP contribution in [-0.4, -0.2) is 41.0 Å². The van der Waals surface area contributed by atoms with Gasteiger partial charge in [0.25, 0.3) is 0 Å². The Morgan fingerprint density at radius 1 is 1.20 bits per heavy atom. The van der Waals surface area contributed by atoms with Crippen molar-refractivity contribution in [2.24, 2.45) is 5.92 Å². The molecule has 1 aromatic heterocycles. The Bertz CT molecular complexity index is 802. The first-order valence-electron chi connectivity index (χ1n) is 7.87. The molecule has 25 heavy (non-hydrogen) atoms. The van der Waals surface area contributed by atoms with Gasteiger partial charge in [-0.3, -0.25) is 14.6 Å². The number of para-hydroxylation sites is 1. The normalized spacial score (nSPS) is 18.2. The first-order chi connectivity index (χ1) is 11.9. The molecular formula is C17H16F3N3O2. The predicted molar refractivity (Wildman–Crippen MR) is 85.7 cm³/mol. The van der Waals surface area contributed by atoms with Gasteiger partial charge >= 0.3 is 12.1 Å². The molecular weight excluding hydrogens is 335 g/mol. The van der Waals surface area contributed by atoms with Crippen LogP contribution in [0.3, 0.4) is 0 Å². The Morgan fingerprint density at radius 3 is 2.72 bits per heavy atom. The third-order valence-corrected chi connectivity index (χ3v) is 4.21. The summed E-state index contributed by atoms with van der Waals surface area (Å²) in [5.74, 6) is -2.98. The zero-order valence-electron chi connectivity index (χ0n) is 13.2. The zero-order chi connectivity index (χ0) is 18.0. The first-order valence-corrected chi connectivity index (χ1v) is 7.87. The van der Waals surface area contributed by atoms with E-state index in [4.69, 9.17) is 0 Å². The highest BCUT2D eigenvalue weighted by Crippen LogP contribution is 2.26. The molecule has 1 unspecified atom stereocenters. The summed E-state index contributed by atoms with van der Waals surface area (Å²) in [7, 11) is 0. The fraction of sp³-hybridized carbons (Fsp3) is 0.353. The van der Waals surface area contributed by atoms with Crippen LogP contribution in [0.15, 0.2) is 36.5 Å². The summed E-state index contributed by atoms with van der Waals surface area (Å²) < 4.78 is 37.7. The minimum absolute atomic E-state index is 0.0119. The molecule has 132 valence electrons. The van der Waals surface area contributed by atoms with E-state index in [1.54, 1.807) is 24.4 Å². The summed E-state index contributed by atoms with van der Waals surface area (Å²) in [6.45, 7) is -0.222. The van der Waals surface area contributed by atoms with Crippen molar-refractivity contribution in [3.63, 3.8) is 0 Å². The van der Waals surface area contributed by atoms with Gasteiger partial charge in [0.1, 0.15) is 0 Å². The molecule has 8 heteroatoms. The molecule has 1 aliphatic rings. The number of alkyl halides is 3. The molecule has 2 aromatic rings. The number of nitrogens with zero attached hydrogens (tertiary/aromatic N) is 2. The molecule has 0 bridgehead atoms. The summed E-state index contributed by atoms with van der Waals surface area (Å²) >= 11 is 0. The molecule has 0 aliphatic carbocycles. The van der Waals surface area contributed by atoms with Gasteiger partial charge in [0, 0.05) is 24.7 Å². The van der Waals surface area contributed by atoms with E-state index in [2.05, 4.69) is 10.3 Å². The molecule has 1 saturated heterocycles. The van der Waals surface area contributed by atoms with Gasteiger partial charge in [-0.15, -0.1) is 0 Å². The summed E-state index contributed by atoms with van der Waals surface area (Å²) in [6.07, 6.45) is -2.53. The lowest BCUT2D eigenvalue weighted by atomic mass is 9.96. The van der Waals surface area contributed by atoms with E-state index < -0.39 is 23.9 Å². The smallest absolute Gasteiger partial charge is 0.334 e. The number of carbonyl (C=O) groups is 2. The number of hydrogen-bond acceptors (Lipinski definition) is 3. The van der Waals surface area contributed by atoms with Crippen LogP contribution < -0.4 is 5.32 Å². The maximum absolute atomic E-state index is 12.6. The van der Waals surface area contributed by atoms with E-state index >= 15 is 0 Å². The van der Waals surface area contributed by atoms with E-state index in [1.165, 1.54) is 0 Å². The van der Waals surface area contributed by atoms with Crippen molar-refractivity contribution in [2.75, 3.05) is 18.4 Å². The molecule has 2 heterocycles. The molecule has 0 radical (unpaired) electrons. The van der Waals surface area contributed by atoms with Gasteiger partial charge in [-0.05, 0) is 25.0 Å². The minimum Gasteiger partial charge on any atom is -0.334 e. The second kappa shape index (κ2) is 6.70. The highest BCUT2D eigenvalue weighted by molar-refractivity contribution is 6.01. The number of anilines is 1. The van der Waals surface area contributed by atoms with Gasteiger partial charge in [0.15, 0.2) is 0 Å². The summed E-state index contributed by atoms with van der Waals surface area (Å²) in [5, 5.41) is 3.58. The zero-order valence-corrected chi connectivity index (χ0v) is 13.2. The number of pyridine rings is 1. The number of carbonyl (C=O) groups excluding carboxylic acids is 2. The van der Waals surface area contributed by atoms with Crippen molar-refractivity contribution in [1.29, 1.82) is 0 Å². The number of fused-ring (bicyclic) bond motifs is 1. The van der Waals surface area contributed by atoms with Crippen LogP contribution in [0, 0.1) is 5.92 Å². The molecule has 0 spiro atoms. The lowest BCUT2D eigenvalue weighted by Crippen LogP contribution is -2.48. The van der Waals surface area contributed by atoms with E-state index in [0.29, 0.717) is 28.9 Å². The number of halogens is 3. The van der Waals surface area contributed by atoms with Gasteiger partial charge in [0.2, 0.25) is 5.91 Å². The van der Waals surface area contributed by atoms with Crippen molar-refractivity contribution in [3.05, 3.63) is 36.5 Å². The highest BCUT2D eigenvalue weighted by Gasteiger charge is 2.44. The highest BCUT2D eigenvalue weighted by atomic mass is 19.4. The maximum atomic E-state index is 12.6. The van der Waals surface area contributed by atoms with E-state index in [9.17, 15) is 22.8 Å². The van der Waals surface area contributed by atoms with Crippen LogP contribution in [-0.2, 0) is 9.59 Å². The molecule has 2 amide bonds. The van der Waals surface area contributed by atoms with Crippen molar-refractivity contribution in [1.82, 2.24) is 9.88 Å². The lowest BCUT2D eigenvalue weighted by Gasteiger charge is -2.32. The van der Waals surface area contributed by atoms with Crippen LogP contribution in [0.2, 0.25) is 0 Å². The Balaban J connectivity index is 1.73. The average molecular weight is 351 g/mol. The largest absolute Gasteiger partial charge is 0.471 e. The van der Waals surface area contributed by atoms with Gasteiger partial charge in [-0.1, -0.05) is 18.2 Å². The molecule has 3 rings (SSSR count). The van der Waals surface area contributed by atoms with Crippen LogP contribution in [0.5, 0.6) is 0 Å². The van der Waals surface area contributed by atoms with Crippen LogP contribution in [0.25, 0.3) is 10.9 Å². The van der Waals surface area contributed by atoms with Gasteiger partial charge < -0.3 is 10.2 Å². The maximum Gasteiger partial charge on any atom is 0.471 e. The third kappa shape index (κ3) is 3.72. The first kappa shape index (κ1) is 17.2. The average Bonchev–Trinajstić information content (AvgIpc) is 2.60. The number of hydrogen-bond donors (Lipinski definition) is 1. The summed E-state index contributed by atoms with van der Waals surface area (Å²) in [4.78, 5) is 28.8. The molecule has 5 nitrogen and oxygen atoms in total. The molecule has 0 saturated carbocycles. The summed E-state index contributed by atoms with van der Waals surface area (Å²) in [5.41, 5.74) is 1.11. The standard InChI is InChI=1S/C17H16F3N3O2/c18-17(19,20)16(25)23-9-3-6-12(10-23)15(24)22-13-7-1-4-11-5-2-8-21-14(11)13/h1-2,4-5,7-8,12H,3,6,9-10H2,(H,22,24). The molecule has 1 fully saturated rings. The lowest BCUT2D eigenvalue weighted by molar-refractivity contribution is -0.187. The number of piperidine rings is 1. The fourth-order valence-corrected chi connectivity index (χ4v) is 2.99. The Hall–Kier alpha value is -2.64. The van der Waals surface area contributed by atoms with Crippen LogP contribution in [0.1, 0.15) is 12.8 Å². The molecule has 1 aromatic carbocycles. The molecule has 1 aliphatic heterocycles. The number of rotatable bonds is 2. The molecule has 1 N–H and O–H groups in total. The third-order valence-electron chi connectivity index (χ3n) is 4.21. The Labute approximate surface area is 141 Å². The molecule has 1 atom stereocenters. The second-order valence-corrected chi connectivity index (χ2v) is 5.96. The number of nitrogens with one attached hydrogen (secondary N) is 1. The fourth-order valence-electron chi connectivity index (χ4n) is 2.99. The van der Waals surface area contributed by atoms with E-state index in [-0.39, 0.29) is 13.1 Å². The minimum atomic E-state index is -4.92. The topological polar surface area (TPSA) is 62.3 Å². The van der Waals surface area contributed by atoms with Crippen LogP contribution >= 0.6 is 0 Å². The number of likely N-dealkylation sites (tertiary alicyclic amines) is 1. The van der Waals surface area contributed by atoms with Crippen LogP contribution in [0.4, 0.5) is 18.9 Å². The van der Waals surface area contributed by atoms with Gasteiger partial charge in [0.05, 0.1) is 17.1 Å². The quantitative estimate of drug-likeness (QED) is 0.905. The van der Waals surface area contributed by atoms with Crippen molar-refractivity contribution in [2.45, 2.75) is 19.0 Å². The Morgan fingerprint density at radius 2 is 1.96 bits per heavy atom. The van der Waals surface area contributed by atoms with Gasteiger partial charge in [-0.25, -0.2) is 0 Å². The van der Waals surface area contributed by atoms with Crippen molar-refractivity contribution >= 4 is 28.4 Å². The van der Waals surface area contributed by atoms with E-state index in [0.717, 1.165) is 5.39 Å². The van der Waals surface area contributed by atoms with Crippen molar-refractivity contribution < 1.29 is 22.8 Å². The summed E-state index contributed by atoms with van der Waals surface area (Å²) in [6, 6.07) is 8.93. The van der Waals surface area contributed by atoms with Crippen molar-refractivity contribution in [3.8, 4) is 0 Å². The monoisotopic (exact) mass is 351 g/mol. The van der Waals surface area contributed by atoms with Gasteiger partial charge in [-0.2, -0.15) is 13.2 Å². The Kier molecular flexibility index (Phi) is 4.61. The number of aromatic nitrogens is 1. The SMILES string of the molecule is O=C(Nc1cccc2cccnc12)C1CCCN(C(=O)C(F)(F)F)C1. The van der Waals surface area contributed by atoms with E-state index in [1.807, 2.05) is 12.1 Å². The number of benzene rings is 1.